The fourth-order valence-corrected chi connectivity index (χ4v) is 5.12. The van der Waals surface area contributed by atoms with Crippen LogP contribution in [0.25, 0.3) is 16.7 Å². The van der Waals surface area contributed by atoms with Crippen molar-refractivity contribution in [1.82, 2.24) is 29.4 Å². The first-order valence-corrected chi connectivity index (χ1v) is 14.0. The number of hydrogen-bond donors (Lipinski definition) is 1. The van der Waals surface area contributed by atoms with Crippen LogP contribution >= 0.6 is 0 Å². The Morgan fingerprint density at radius 3 is 2.37 bits per heavy atom. The van der Waals surface area contributed by atoms with Crippen LogP contribution in [-0.2, 0) is 6.61 Å². The summed E-state index contributed by atoms with van der Waals surface area (Å²) < 4.78 is 14.3. The van der Waals surface area contributed by atoms with E-state index in [1.807, 2.05) is 70.2 Å². The average Bonchev–Trinajstić information content (AvgIpc) is 3.58. The molecule has 0 amide bonds. The van der Waals surface area contributed by atoms with E-state index in [1.54, 1.807) is 18.7 Å². The van der Waals surface area contributed by atoms with Crippen molar-refractivity contribution < 1.29 is 9.47 Å². The first kappa shape index (κ1) is 28.0. The molecule has 0 aliphatic carbocycles. The van der Waals surface area contributed by atoms with Crippen LogP contribution < -0.4 is 15.2 Å². The highest BCUT2D eigenvalue weighted by molar-refractivity contribution is 5.90. The third-order valence-electron chi connectivity index (χ3n) is 7.08. The van der Waals surface area contributed by atoms with Crippen LogP contribution in [0.5, 0.6) is 17.2 Å². The van der Waals surface area contributed by atoms with Crippen molar-refractivity contribution in [2.45, 2.75) is 46.6 Å². The van der Waals surface area contributed by atoms with Crippen molar-refractivity contribution in [3.63, 3.8) is 0 Å². The van der Waals surface area contributed by atoms with Crippen LogP contribution in [0, 0.1) is 13.8 Å². The molecule has 9 heteroatoms. The SMILES string of the molecule is CC.Cc1cc(OCc2cnc(C)nc2)cc(Oc2ccc(-n3cc([C@@H]4CCN(C)C4)c4ncnc(N)c43)cc2)c1. The van der Waals surface area contributed by atoms with Crippen LogP contribution in [0.1, 0.15) is 48.7 Å². The smallest absolute Gasteiger partial charge is 0.151 e. The number of benzene rings is 2. The van der Waals surface area contributed by atoms with Crippen molar-refractivity contribution in [3.05, 3.63) is 89.9 Å². The summed E-state index contributed by atoms with van der Waals surface area (Å²) in [7, 11) is 2.16. The van der Waals surface area contributed by atoms with E-state index in [-0.39, 0.29) is 0 Å². The lowest BCUT2D eigenvalue weighted by molar-refractivity contribution is 0.303. The van der Waals surface area contributed by atoms with Gasteiger partial charge in [0.2, 0.25) is 0 Å². The summed E-state index contributed by atoms with van der Waals surface area (Å²) in [5.41, 5.74) is 12.2. The van der Waals surface area contributed by atoms with Gasteiger partial charge in [0.05, 0.1) is 5.52 Å². The molecule has 6 rings (SSSR count). The molecule has 0 radical (unpaired) electrons. The lowest BCUT2D eigenvalue weighted by Crippen LogP contribution is -2.13. The molecule has 0 spiro atoms. The van der Waals surface area contributed by atoms with Crippen molar-refractivity contribution in [1.29, 1.82) is 0 Å². The Kier molecular flexibility index (Phi) is 8.45. The second-order valence-electron chi connectivity index (χ2n) is 10.2. The molecular formula is C32H37N7O2. The zero-order valence-corrected chi connectivity index (χ0v) is 24.3. The van der Waals surface area contributed by atoms with E-state index in [1.165, 1.54) is 5.56 Å². The molecule has 9 nitrogen and oxygen atoms in total. The molecule has 1 atom stereocenters. The Hall–Kier alpha value is -4.50. The molecule has 0 saturated carbocycles. The first-order chi connectivity index (χ1) is 19.9. The maximum atomic E-state index is 6.34. The van der Waals surface area contributed by atoms with Gasteiger partial charge in [0, 0.05) is 53.9 Å². The number of aromatic nitrogens is 5. The second kappa shape index (κ2) is 12.3. The molecule has 4 heterocycles. The summed E-state index contributed by atoms with van der Waals surface area (Å²) in [5, 5.41) is 0. The van der Waals surface area contributed by atoms with Crippen LogP contribution in [0.15, 0.2) is 67.4 Å². The Labute approximate surface area is 241 Å². The second-order valence-corrected chi connectivity index (χ2v) is 10.2. The monoisotopic (exact) mass is 551 g/mol. The Morgan fingerprint density at radius 2 is 1.66 bits per heavy atom. The number of likely N-dealkylation sites (N-methyl/N-ethyl adjacent to an activating group) is 1. The molecule has 1 fully saturated rings. The number of ether oxygens (including phenoxy) is 2. The number of likely N-dealkylation sites (tertiary alicyclic amines) is 1. The van der Waals surface area contributed by atoms with Crippen LogP contribution in [0.4, 0.5) is 5.82 Å². The molecule has 1 aliphatic heterocycles. The van der Waals surface area contributed by atoms with Crippen LogP contribution in [-0.4, -0.2) is 49.5 Å². The Balaban J connectivity index is 0.00000165. The van der Waals surface area contributed by atoms with Gasteiger partial charge in [0.25, 0.3) is 0 Å². The Morgan fingerprint density at radius 1 is 0.927 bits per heavy atom. The van der Waals surface area contributed by atoms with Crippen molar-refractivity contribution in [3.8, 4) is 22.9 Å². The lowest BCUT2D eigenvalue weighted by Gasteiger charge is -2.12. The minimum absolute atomic E-state index is 0.384. The molecule has 1 saturated heterocycles. The quantitative estimate of drug-likeness (QED) is 0.254. The summed E-state index contributed by atoms with van der Waals surface area (Å²) in [6.07, 6.45) is 8.38. The highest BCUT2D eigenvalue weighted by atomic mass is 16.5. The predicted molar refractivity (Wildman–Crippen MR) is 162 cm³/mol. The standard InChI is InChI=1S/C30H31N7O2.C2H6/c1-19-10-25(38-17-21-13-32-20(2)33-14-21)12-26(11-19)39-24-6-4-23(5-7-24)37-16-27(22-8-9-36(3)15-22)28-29(37)30(31)35-18-34-28;1-2/h4-7,10-14,16,18,22H,8-9,15,17H2,1-3H3,(H2,31,34,35);1-2H3/t22-;/m1./s1. The van der Waals surface area contributed by atoms with Gasteiger partial charge in [-0.1, -0.05) is 13.8 Å². The van der Waals surface area contributed by atoms with Gasteiger partial charge in [-0.25, -0.2) is 19.9 Å². The van der Waals surface area contributed by atoms with Gasteiger partial charge >= 0.3 is 0 Å². The average molecular weight is 552 g/mol. The number of anilines is 1. The molecule has 0 unspecified atom stereocenters. The highest BCUT2D eigenvalue weighted by Gasteiger charge is 2.26. The van der Waals surface area contributed by atoms with E-state index in [9.17, 15) is 0 Å². The molecule has 212 valence electrons. The number of fused-ring (bicyclic) bond motifs is 1. The summed E-state index contributed by atoms with van der Waals surface area (Å²) in [6, 6.07) is 13.8. The van der Waals surface area contributed by atoms with E-state index >= 15 is 0 Å². The summed E-state index contributed by atoms with van der Waals surface area (Å²) in [6.45, 7) is 10.3. The number of nitrogens with zero attached hydrogens (tertiary/aromatic N) is 6. The fraction of sp³-hybridized carbons (Fsp3) is 0.312. The molecule has 5 aromatic rings. The number of nitrogens with two attached hydrogens (primary N) is 1. The maximum Gasteiger partial charge on any atom is 0.151 e. The van der Waals surface area contributed by atoms with E-state index in [4.69, 9.17) is 15.2 Å². The van der Waals surface area contributed by atoms with E-state index in [2.05, 4.69) is 42.6 Å². The molecule has 1 aliphatic rings. The third kappa shape index (κ3) is 6.30. The molecule has 41 heavy (non-hydrogen) atoms. The van der Waals surface area contributed by atoms with Gasteiger partial charge in [-0.2, -0.15) is 0 Å². The van der Waals surface area contributed by atoms with Gasteiger partial charge in [0.1, 0.15) is 41.5 Å². The zero-order valence-electron chi connectivity index (χ0n) is 24.3. The maximum absolute atomic E-state index is 6.34. The molecule has 2 aromatic carbocycles. The van der Waals surface area contributed by atoms with Gasteiger partial charge in [-0.05, 0) is 75.8 Å². The number of hydrogen-bond acceptors (Lipinski definition) is 8. The predicted octanol–water partition coefficient (Wildman–Crippen LogP) is 6.23. The van der Waals surface area contributed by atoms with Crippen molar-refractivity contribution in [2.24, 2.45) is 0 Å². The van der Waals surface area contributed by atoms with E-state index in [0.717, 1.165) is 64.7 Å². The molecule has 2 N–H and O–H groups in total. The lowest BCUT2D eigenvalue weighted by atomic mass is 10.0. The summed E-state index contributed by atoms with van der Waals surface area (Å²) in [4.78, 5) is 19.7. The third-order valence-corrected chi connectivity index (χ3v) is 7.08. The van der Waals surface area contributed by atoms with Crippen LogP contribution in [0.3, 0.4) is 0 Å². The van der Waals surface area contributed by atoms with Crippen molar-refractivity contribution in [2.75, 3.05) is 25.9 Å². The molecule has 3 aromatic heterocycles. The first-order valence-electron chi connectivity index (χ1n) is 14.0. The fourth-order valence-electron chi connectivity index (χ4n) is 5.12. The summed E-state index contributed by atoms with van der Waals surface area (Å²) >= 11 is 0. The van der Waals surface area contributed by atoms with Gasteiger partial charge < -0.3 is 24.7 Å². The van der Waals surface area contributed by atoms with Crippen LogP contribution in [0.2, 0.25) is 0 Å². The topological polar surface area (TPSA) is 104 Å². The normalized spacial score (nSPS) is 15.0. The van der Waals surface area contributed by atoms with Crippen molar-refractivity contribution >= 4 is 16.9 Å². The zero-order chi connectivity index (χ0) is 28.9. The minimum Gasteiger partial charge on any atom is -0.489 e. The van der Waals surface area contributed by atoms with E-state index in [0.29, 0.717) is 24.1 Å². The number of rotatable bonds is 7. The number of aryl methyl sites for hydroxylation is 2. The largest absolute Gasteiger partial charge is 0.489 e. The van der Waals surface area contributed by atoms with E-state index < -0.39 is 0 Å². The minimum atomic E-state index is 0.384. The molecule has 0 bridgehead atoms. The van der Waals surface area contributed by atoms with Gasteiger partial charge in [-0.3, -0.25) is 0 Å². The van der Waals surface area contributed by atoms with Gasteiger partial charge in [-0.15, -0.1) is 0 Å². The Bertz CT molecular complexity index is 1610. The number of nitrogen functional groups attached to an aromatic ring is 1. The molecular weight excluding hydrogens is 514 g/mol. The van der Waals surface area contributed by atoms with Gasteiger partial charge in [0.15, 0.2) is 5.82 Å². The highest BCUT2D eigenvalue weighted by Crippen LogP contribution is 2.36. The summed E-state index contributed by atoms with van der Waals surface area (Å²) in [5.74, 6) is 3.78.